The third-order valence-corrected chi connectivity index (χ3v) is 11.6. The van der Waals surface area contributed by atoms with Crippen LogP contribution in [0.2, 0.25) is 0 Å². The number of hydrogen-bond acceptors (Lipinski definition) is 3. The van der Waals surface area contributed by atoms with Crippen LogP contribution in [0.4, 0.5) is 0 Å². The minimum absolute atomic E-state index is 0.0612. The van der Waals surface area contributed by atoms with Crippen LogP contribution in [-0.2, 0) is 0 Å². The fraction of sp³-hybridized carbons (Fsp3) is 0. The lowest BCUT2D eigenvalue weighted by atomic mass is 9.34. The Labute approximate surface area is 279 Å². The van der Waals surface area contributed by atoms with Gasteiger partial charge >= 0.3 is 0 Å². The number of rotatable bonds is 2. The minimum atomic E-state index is 0.0612. The second kappa shape index (κ2) is 8.94. The molecule has 12 rings (SSSR count). The van der Waals surface area contributed by atoms with Crippen molar-refractivity contribution in [1.29, 1.82) is 0 Å². The molecule has 2 aromatic heterocycles. The Kier molecular flexibility index (Phi) is 4.71. The standard InChI is InChI=1S/C42H23BN2O2S/c1-4-12-29-25(9-1)26-10-2-5-13-30(26)44(29)24-19-20-32-28(23-24)27-11-3-6-14-31(27)45(32)33-21-22-36-41-42(33)47-35-16-8-18-38-40(35)43(41)39-34(46-36)15-7-17-37(39)48-38/h1-23H. The van der Waals surface area contributed by atoms with Crippen LogP contribution in [0.5, 0.6) is 23.0 Å². The molecule has 48 heavy (non-hydrogen) atoms. The smallest absolute Gasteiger partial charge is 0.263 e. The monoisotopic (exact) mass is 630 g/mol. The van der Waals surface area contributed by atoms with Gasteiger partial charge in [0.05, 0.1) is 27.8 Å². The first-order chi connectivity index (χ1) is 23.8. The SMILES string of the molecule is c1cc2c3c(c1)Sc1cccc4c1B3c1c(ccc(-n3c5ccccc5c5cc(-n6c7ccccc7c7ccccc76)ccc53)c1O4)O2. The van der Waals surface area contributed by atoms with Crippen LogP contribution in [0.15, 0.2) is 149 Å². The topological polar surface area (TPSA) is 28.3 Å². The molecule has 222 valence electrons. The summed E-state index contributed by atoms with van der Waals surface area (Å²) in [6.45, 7) is 0.0612. The summed E-state index contributed by atoms with van der Waals surface area (Å²) in [4.78, 5) is 2.50. The van der Waals surface area contributed by atoms with E-state index in [2.05, 4.69) is 149 Å². The van der Waals surface area contributed by atoms with Crippen molar-refractivity contribution in [3.63, 3.8) is 0 Å². The first-order valence-corrected chi connectivity index (χ1v) is 17.1. The summed E-state index contributed by atoms with van der Waals surface area (Å²) in [6.07, 6.45) is 0. The first-order valence-electron chi connectivity index (χ1n) is 16.3. The molecule has 0 amide bonds. The zero-order valence-electron chi connectivity index (χ0n) is 25.5. The summed E-state index contributed by atoms with van der Waals surface area (Å²) in [7, 11) is 0. The van der Waals surface area contributed by atoms with E-state index in [0.717, 1.165) is 50.9 Å². The lowest BCUT2D eigenvalue weighted by molar-refractivity contribution is 0.461. The molecule has 0 radical (unpaired) electrons. The molecular formula is C42H23BN2O2S. The minimum Gasteiger partial charge on any atom is -0.458 e. The number of aromatic nitrogens is 2. The summed E-state index contributed by atoms with van der Waals surface area (Å²) in [6, 6.07) is 50.1. The Balaban J connectivity index is 1.14. The van der Waals surface area contributed by atoms with Crippen LogP contribution >= 0.6 is 11.8 Å². The summed E-state index contributed by atoms with van der Waals surface area (Å²) in [5, 5.41) is 4.93. The number of ether oxygens (including phenoxy) is 2. The van der Waals surface area contributed by atoms with Gasteiger partial charge in [-0.25, -0.2) is 0 Å². The summed E-state index contributed by atoms with van der Waals surface area (Å²) in [5.41, 5.74) is 10.5. The van der Waals surface area contributed by atoms with Gasteiger partial charge in [0.2, 0.25) is 0 Å². The van der Waals surface area contributed by atoms with E-state index in [1.165, 1.54) is 53.3 Å². The Morgan fingerprint density at radius 3 is 1.69 bits per heavy atom. The molecule has 0 spiro atoms. The molecule has 7 aromatic carbocycles. The molecule has 0 fully saturated rings. The van der Waals surface area contributed by atoms with Crippen molar-refractivity contribution >= 4 is 78.5 Å². The normalized spacial score (nSPS) is 13.6. The van der Waals surface area contributed by atoms with Crippen LogP contribution in [0.1, 0.15) is 0 Å². The van der Waals surface area contributed by atoms with Gasteiger partial charge in [-0.2, -0.15) is 0 Å². The quantitative estimate of drug-likeness (QED) is 0.179. The van der Waals surface area contributed by atoms with E-state index in [9.17, 15) is 0 Å². The molecular weight excluding hydrogens is 607 g/mol. The summed E-state index contributed by atoms with van der Waals surface area (Å²) in [5.74, 6) is 3.59. The molecule has 3 aliphatic rings. The van der Waals surface area contributed by atoms with Gasteiger partial charge in [-0.05, 0) is 83.7 Å². The molecule has 0 unspecified atom stereocenters. The lowest BCUT2D eigenvalue weighted by Crippen LogP contribution is -2.60. The van der Waals surface area contributed by atoms with Gasteiger partial charge in [-0.15, -0.1) is 0 Å². The molecule has 0 N–H and O–H groups in total. The van der Waals surface area contributed by atoms with Gasteiger partial charge in [-0.1, -0.05) is 78.5 Å². The van der Waals surface area contributed by atoms with E-state index in [1.807, 2.05) is 11.8 Å². The number of hydrogen-bond donors (Lipinski definition) is 0. The van der Waals surface area contributed by atoms with Crippen LogP contribution in [0.25, 0.3) is 55.0 Å². The van der Waals surface area contributed by atoms with E-state index in [1.54, 1.807) is 0 Å². The highest BCUT2D eigenvalue weighted by Gasteiger charge is 2.46. The highest BCUT2D eigenvalue weighted by molar-refractivity contribution is 8.00. The van der Waals surface area contributed by atoms with Crippen molar-refractivity contribution in [2.24, 2.45) is 0 Å². The molecule has 0 atom stereocenters. The molecule has 3 aliphatic heterocycles. The third kappa shape index (κ3) is 3.09. The maximum atomic E-state index is 6.96. The molecule has 4 nitrogen and oxygen atoms in total. The van der Waals surface area contributed by atoms with E-state index in [-0.39, 0.29) is 6.71 Å². The van der Waals surface area contributed by atoms with Crippen molar-refractivity contribution in [3.05, 3.63) is 140 Å². The Bertz CT molecular complexity index is 2820. The van der Waals surface area contributed by atoms with Gasteiger partial charge in [0.1, 0.15) is 23.0 Å². The molecule has 5 heterocycles. The molecule has 0 saturated carbocycles. The number of nitrogens with zero attached hydrogens (tertiary/aromatic N) is 2. The van der Waals surface area contributed by atoms with Gasteiger partial charge in [-0.3, -0.25) is 0 Å². The molecule has 6 heteroatoms. The average molecular weight is 631 g/mol. The van der Waals surface area contributed by atoms with Crippen LogP contribution in [0.3, 0.4) is 0 Å². The molecule has 0 aliphatic carbocycles. The van der Waals surface area contributed by atoms with Crippen molar-refractivity contribution in [2.45, 2.75) is 9.79 Å². The summed E-state index contributed by atoms with van der Waals surface area (Å²) < 4.78 is 18.4. The van der Waals surface area contributed by atoms with Crippen molar-refractivity contribution < 1.29 is 9.47 Å². The van der Waals surface area contributed by atoms with Crippen molar-refractivity contribution in [1.82, 2.24) is 9.13 Å². The van der Waals surface area contributed by atoms with Crippen LogP contribution in [-0.4, -0.2) is 15.8 Å². The Morgan fingerprint density at radius 2 is 1.00 bits per heavy atom. The maximum Gasteiger partial charge on any atom is 0.263 e. The fourth-order valence-electron chi connectivity index (χ4n) is 8.53. The molecule has 9 aromatic rings. The highest BCUT2D eigenvalue weighted by Crippen LogP contribution is 2.46. The fourth-order valence-corrected chi connectivity index (χ4v) is 9.72. The zero-order chi connectivity index (χ0) is 31.1. The second-order valence-electron chi connectivity index (χ2n) is 12.8. The van der Waals surface area contributed by atoms with Gasteiger partial charge < -0.3 is 18.6 Å². The lowest BCUT2D eigenvalue weighted by Gasteiger charge is -2.38. The average Bonchev–Trinajstić information content (AvgIpc) is 3.64. The molecule has 0 bridgehead atoms. The predicted molar refractivity (Wildman–Crippen MR) is 197 cm³/mol. The van der Waals surface area contributed by atoms with Crippen molar-refractivity contribution in [2.75, 3.05) is 0 Å². The number of fused-ring (bicyclic) bond motifs is 6. The van der Waals surface area contributed by atoms with E-state index < -0.39 is 0 Å². The largest absolute Gasteiger partial charge is 0.458 e. The Morgan fingerprint density at radius 1 is 0.438 bits per heavy atom. The highest BCUT2D eigenvalue weighted by atomic mass is 32.2. The number of benzene rings is 7. The van der Waals surface area contributed by atoms with Crippen LogP contribution in [0, 0.1) is 0 Å². The Hall–Kier alpha value is -5.85. The summed E-state index contributed by atoms with van der Waals surface area (Å²) >= 11 is 1.81. The van der Waals surface area contributed by atoms with Gasteiger partial charge in [0, 0.05) is 42.5 Å². The first kappa shape index (κ1) is 25.3. The van der Waals surface area contributed by atoms with Gasteiger partial charge in [0.15, 0.2) is 0 Å². The van der Waals surface area contributed by atoms with Crippen molar-refractivity contribution in [3.8, 4) is 34.4 Å². The van der Waals surface area contributed by atoms with Crippen LogP contribution < -0.4 is 25.9 Å². The van der Waals surface area contributed by atoms with E-state index >= 15 is 0 Å². The van der Waals surface area contributed by atoms with E-state index in [4.69, 9.17) is 9.47 Å². The predicted octanol–water partition coefficient (Wildman–Crippen LogP) is 9.07. The third-order valence-electron chi connectivity index (χ3n) is 10.4. The van der Waals surface area contributed by atoms with E-state index in [0.29, 0.717) is 0 Å². The number of para-hydroxylation sites is 3. The second-order valence-corrected chi connectivity index (χ2v) is 13.9. The van der Waals surface area contributed by atoms with Gasteiger partial charge in [0.25, 0.3) is 6.71 Å². The zero-order valence-corrected chi connectivity index (χ0v) is 26.3. The molecule has 0 saturated heterocycles. The maximum absolute atomic E-state index is 6.96.